The van der Waals surface area contributed by atoms with E-state index in [-0.39, 0.29) is 30.5 Å². The van der Waals surface area contributed by atoms with Crippen molar-refractivity contribution >= 4 is 39.1 Å². The van der Waals surface area contributed by atoms with E-state index in [1.54, 1.807) is 0 Å². The molecular weight excluding hydrogens is 350 g/mol. The Morgan fingerprint density at radius 3 is 2.71 bits per heavy atom. The fourth-order valence-electron chi connectivity index (χ4n) is 2.40. The number of carbonyl (C=O) groups excluding carboxylic acids is 1. The van der Waals surface area contributed by atoms with E-state index in [4.69, 9.17) is 5.73 Å². The van der Waals surface area contributed by atoms with Gasteiger partial charge in [0.05, 0.1) is 11.8 Å². The first-order valence-corrected chi connectivity index (χ1v) is 9.68. The number of amides is 1. The van der Waals surface area contributed by atoms with Crippen LogP contribution in [0.2, 0.25) is 0 Å². The highest BCUT2D eigenvalue weighted by atomic mass is 35.5. The van der Waals surface area contributed by atoms with Crippen LogP contribution in [0.25, 0.3) is 10.9 Å². The number of aryl methyl sites for hydroxylation is 1. The Morgan fingerprint density at radius 2 is 2.00 bits per heavy atom. The molecule has 0 aliphatic heterocycles. The maximum atomic E-state index is 11.8. The summed E-state index contributed by atoms with van der Waals surface area (Å²) in [6, 6.07) is 9.42. The normalized spacial score (nSPS) is 12.6. The monoisotopic (exact) mass is 373 g/mol. The van der Waals surface area contributed by atoms with Crippen molar-refractivity contribution in [2.24, 2.45) is 5.73 Å². The Balaban J connectivity index is 0.00000288. The fraction of sp³-hybridized carbons (Fsp3) is 0.438. The molecule has 0 fully saturated rings. The van der Waals surface area contributed by atoms with Crippen LogP contribution in [0.4, 0.5) is 0 Å². The lowest BCUT2D eigenvalue weighted by atomic mass is 10.2. The Kier molecular flexibility index (Phi) is 7.72. The van der Waals surface area contributed by atoms with Crippen LogP contribution in [0, 0.1) is 0 Å². The molecule has 1 atom stereocenters. The second-order valence-electron chi connectivity index (χ2n) is 5.74. The van der Waals surface area contributed by atoms with Crippen molar-refractivity contribution in [3.63, 3.8) is 0 Å². The molecule has 8 heteroatoms. The summed E-state index contributed by atoms with van der Waals surface area (Å²) in [5.41, 5.74) is 6.86. The van der Waals surface area contributed by atoms with E-state index in [1.807, 2.05) is 18.3 Å². The molecule has 0 aliphatic rings. The number of sulfone groups is 1. The minimum Gasteiger partial charge on any atom is -0.355 e. The van der Waals surface area contributed by atoms with Gasteiger partial charge in [0.25, 0.3) is 0 Å². The number of nitrogens with zero attached hydrogens (tertiary/aromatic N) is 1. The van der Waals surface area contributed by atoms with Gasteiger partial charge in [-0.1, -0.05) is 18.2 Å². The summed E-state index contributed by atoms with van der Waals surface area (Å²) in [6.07, 6.45) is 4.10. The van der Waals surface area contributed by atoms with Crippen LogP contribution in [0.1, 0.15) is 12.8 Å². The van der Waals surface area contributed by atoms with Gasteiger partial charge in [0.1, 0.15) is 9.84 Å². The number of nitrogens with one attached hydrogen (secondary N) is 1. The first-order valence-electron chi connectivity index (χ1n) is 7.62. The maximum absolute atomic E-state index is 11.8. The van der Waals surface area contributed by atoms with Crippen molar-refractivity contribution in [2.75, 3.05) is 18.6 Å². The van der Waals surface area contributed by atoms with E-state index in [0.717, 1.165) is 19.2 Å². The van der Waals surface area contributed by atoms with E-state index < -0.39 is 15.9 Å². The third kappa shape index (κ3) is 6.14. The quantitative estimate of drug-likeness (QED) is 0.682. The molecule has 134 valence electrons. The molecule has 1 amide bonds. The molecule has 24 heavy (non-hydrogen) atoms. The van der Waals surface area contributed by atoms with Gasteiger partial charge < -0.3 is 15.6 Å². The molecule has 0 saturated carbocycles. The van der Waals surface area contributed by atoms with Gasteiger partial charge in [-0.15, -0.1) is 12.4 Å². The van der Waals surface area contributed by atoms with Crippen molar-refractivity contribution in [2.45, 2.75) is 25.4 Å². The highest BCUT2D eigenvalue weighted by Crippen LogP contribution is 2.15. The van der Waals surface area contributed by atoms with Crippen molar-refractivity contribution in [3.8, 4) is 0 Å². The fourth-order valence-corrected chi connectivity index (χ4v) is 3.08. The molecule has 0 bridgehead atoms. The molecular formula is C16H24ClN3O3S. The standard InChI is InChI=1S/C16H23N3O3S.ClH/c1-23(21,22)12-8-14(17)16(20)18-9-4-10-19-11-7-13-5-2-3-6-15(13)19;/h2-3,5-7,11,14H,4,8-10,12,17H2,1H3,(H,18,20);1H. The predicted molar refractivity (Wildman–Crippen MR) is 99.1 cm³/mol. The number of benzene rings is 1. The van der Waals surface area contributed by atoms with Gasteiger partial charge in [-0.3, -0.25) is 4.79 Å². The summed E-state index contributed by atoms with van der Waals surface area (Å²) < 4.78 is 24.3. The van der Waals surface area contributed by atoms with Gasteiger partial charge in [0.15, 0.2) is 0 Å². The average molecular weight is 374 g/mol. The van der Waals surface area contributed by atoms with E-state index >= 15 is 0 Å². The Bertz CT molecular complexity index is 774. The van der Waals surface area contributed by atoms with Crippen LogP contribution in [0.5, 0.6) is 0 Å². The zero-order valence-electron chi connectivity index (χ0n) is 13.6. The molecule has 0 saturated heterocycles. The van der Waals surface area contributed by atoms with Crippen molar-refractivity contribution < 1.29 is 13.2 Å². The maximum Gasteiger partial charge on any atom is 0.236 e. The lowest BCUT2D eigenvalue weighted by Gasteiger charge is -2.12. The number of rotatable bonds is 8. The number of aromatic nitrogens is 1. The van der Waals surface area contributed by atoms with E-state index in [2.05, 4.69) is 28.1 Å². The number of carbonyl (C=O) groups is 1. The minimum atomic E-state index is -3.09. The second kappa shape index (κ2) is 9.05. The van der Waals surface area contributed by atoms with Crippen molar-refractivity contribution in [1.82, 2.24) is 9.88 Å². The van der Waals surface area contributed by atoms with E-state index in [0.29, 0.717) is 6.54 Å². The summed E-state index contributed by atoms with van der Waals surface area (Å²) >= 11 is 0. The van der Waals surface area contributed by atoms with Gasteiger partial charge >= 0.3 is 0 Å². The van der Waals surface area contributed by atoms with Gasteiger partial charge in [0, 0.05) is 31.1 Å². The second-order valence-corrected chi connectivity index (χ2v) is 8.00. The number of halogens is 1. The van der Waals surface area contributed by atoms with Crippen LogP contribution in [-0.4, -0.2) is 43.5 Å². The highest BCUT2D eigenvalue weighted by molar-refractivity contribution is 7.90. The summed E-state index contributed by atoms with van der Waals surface area (Å²) in [4.78, 5) is 11.8. The zero-order chi connectivity index (χ0) is 16.9. The summed E-state index contributed by atoms with van der Waals surface area (Å²) in [5, 5.41) is 3.95. The average Bonchev–Trinajstić information content (AvgIpc) is 2.91. The number of nitrogens with two attached hydrogens (primary N) is 1. The molecule has 1 unspecified atom stereocenters. The SMILES string of the molecule is CS(=O)(=O)CCC(N)C(=O)NCCCn1ccc2ccccc21.Cl. The Morgan fingerprint density at radius 1 is 1.29 bits per heavy atom. The molecule has 1 heterocycles. The first-order chi connectivity index (χ1) is 10.9. The highest BCUT2D eigenvalue weighted by Gasteiger charge is 2.15. The molecule has 2 aromatic rings. The van der Waals surface area contributed by atoms with Crippen molar-refractivity contribution in [1.29, 1.82) is 0 Å². The minimum absolute atomic E-state index is 0. The predicted octanol–water partition coefficient (Wildman–Crippen LogP) is 1.33. The van der Waals surface area contributed by atoms with E-state index in [1.165, 1.54) is 10.9 Å². The van der Waals surface area contributed by atoms with Crippen LogP contribution >= 0.6 is 12.4 Å². The molecule has 0 aliphatic carbocycles. The third-order valence-electron chi connectivity index (χ3n) is 3.69. The largest absolute Gasteiger partial charge is 0.355 e. The number of para-hydroxylation sites is 1. The molecule has 0 radical (unpaired) electrons. The lowest BCUT2D eigenvalue weighted by Crippen LogP contribution is -2.42. The lowest BCUT2D eigenvalue weighted by molar-refractivity contribution is -0.122. The zero-order valence-corrected chi connectivity index (χ0v) is 15.3. The molecule has 3 N–H and O–H groups in total. The smallest absolute Gasteiger partial charge is 0.236 e. The Hall–Kier alpha value is -1.57. The topological polar surface area (TPSA) is 94.2 Å². The summed E-state index contributed by atoms with van der Waals surface area (Å²) in [6.45, 7) is 1.31. The van der Waals surface area contributed by atoms with E-state index in [9.17, 15) is 13.2 Å². The summed E-state index contributed by atoms with van der Waals surface area (Å²) in [7, 11) is -3.09. The van der Waals surface area contributed by atoms with Crippen LogP contribution in [0.3, 0.4) is 0 Å². The molecule has 1 aromatic heterocycles. The molecule has 6 nitrogen and oxygen atoms in total. The van der Waals surface area contributed by atoms with Crippen LogP contribution in [-0.2, 0) is 21.2 Å². The van der Waals surface area contributed by atoms with Gasteiger partial charge in [-0.2, -0.15) is 0 Å². The van der Waals surface area contributed by atoms with Gasteiger partial charge in [0.2, 0.25) is 5.91 Å². The Labute approximate surface area is 148 Å². The van der Waals surface area contributed by atoms with Gasteiger partial charge in [-0.05, 0) is 30.4 Å². The van der Waals surface area contributed by atoms with Crippen LogP contribution < -0.4 is 11.1 Å². The first kappa shape index (κ1) is 20.5. The third-order valence-corrected chi connectivity index (χ3v) is 4.67. The molecule has 1 aromatic carbocycles. The van der Waals surface area contributed by atoms with Crippen LogP contribution in [0.15, 0.2) is 36.5 Å². The summed E-state index contributed by atoms with van der Waals surface area (Å²) in [5.74, 6) is -0.372. The number of hydrogen-bond acceptors (Lipinski definition) is 4. The van der Waals surface area contributed by atoms with Crippen molar-refractivity contribution in [3.05, 3.63) is 36.5 Å². The number of hydrogen-bond donors (Lipinski definition) is 2. The number of fused-ring (bicyclic) bond motifs is 1. The molecule has 2 rings (SSSR count). The molecule has 0 spiro atoms. The van der Waals surface area contributed by atoms with Gasteiger partial charge in [-0.25, -0.2) is 8.42 Å².